The predicted octanol–water partition coefficient (Wildman–Crippen LogP) is 6.92. The van der Waals surface area contributed by atoms with Crippen LogP contribution in [0.1, 0.15) is 30.9 Å². The van der Waals surface area contributed by atoms with Gasteiger partial charge < -0.3 is 19.5 Å². The van der Waals surface area contributed by atoms with Crippen molar-refractivity contribution in [2.75, 3.05) is 29.9 Å². The van der Waals surface area contributed by atoms with Gasteiger partial charge in [-0.1, -0.05) is 37.7 Å². The van der Waals surface area contributed by atoms with Gasteiger partial charge in [-0.05, 0) is 72.5 Å². The van der Waals surface area contributed by atoms with Gasteiger partial charge in [0.05, 0.1) is 22.8 Å². The second-order valence-electron chi connectivity index (χ2n) is 10.4. The van der Waals surface area contributed by atoms with Gasteiger partial charge in [0, 0.05) is 12.7 Å². The highest BCUT2D eigenvalue weighted by atomic mass is 32.2. The van der Waals surface area contributed by atoms with Crippen molar-refractivity contribution in [3.8, 4) is 28.6 Å². The number of ether oxygens (including phenoxy) is 3. The summed E-state index contributed by atoms with van der Waals surface area (Å²) in [5.41, 5.74) is 3.90. The van der Waals surface area contributed by atoms with Crippen LogP contribution in [-0.4, -0.2) is 57.9 Å². The lowest BCUT2D eigenvalue weighted by Crippen LogP contribution is -2.31. The summed E-state index contributed by atoms with van der Waals surface area (Å²) in [5, 5.41) is 7.39. The van der Waals surface area contributed by atoms with Gasteiger partial charge in [-0.25, -0.2) is 14.5 Å². The van der Waals surface area contributed by atoms with Crippen LogP contribution in [0.3, 0.4) is 0 Å². The molecule has 240 valence electrons. The number of aliphatic imine (C=N–C) groups is 1. The van der Waals surface area contributed by atoms with Crippen molar-refractivity contribution in [2.24, 2.45) is 4.99 Å². The number of rotatable bonds is 9. The number of aryl methyl sites for hydroxylation is 1. The van der Waals surface area contributed by atoms with Crippen molar-refractivity contribution in [1.29, 1.82) is 0 Å². The van der Waals surface area contributed by atoms with E-state index in [4.69, 9.17) is 9.47 Å². The summed E-state index contributed by atoms with van der Waals surface area (Å²) in [6.07, 6.45) is -3.39. The van der Waals surface area contributed by atoms with Crippen LogP contribution in [0.25, 0.3) is 17.1 Å². The molecule has 0 radical (unpaired) electrons. The van der Waals surface area contributed by atoms with Crippen LogP contribution in [0.4, 0.5) is 29.3 Å². The summed E-state index contributed by atoms with van der Waals surface area (Å²) in [6, 6.07) is 15.2. The monoisotopic (exact) mass is 654 g/mol. The van der Waals surface area contributed by atoms with Gasteiger partial charge in [-0.3, -0.25) is 9.69 Å². The molecule has 1 aliphatic rings. The van der Waals surface area contributed by atoms with Crippen molar-refractivity contribution in [3.63, 3.8) is 0 Å². The number of alkyl halides is 3. The molecule has 0 aliphatic carbocycles. The highest BCUT2D eigenvalue weighted by molar-refractivity contribution is 8.15. The Morgan fingerprint density at radius 2 is 1.87 bits per heavy atom. The second-order valence-corrected chi connectivity index (χ2v) is 11.3. The summed E-state index contributed by atoms with van der Waals surface area (Å²) in [5.74, 6) is 0.287. The first-order valence-electron chi connectivity index (χ1n) is 13.9. The van der Waals surface area contributed by atoms with E-state index in [0.29, 0.717) is 16.9 Å². The minimum absolute atomic E-state index is 0.126. The molecule has 0 spiro atoms. The first kappa shape index (κ1) is 32.5. The zero-order chi connectivity index (χ0) is 33.0. The minimum Gasteiger partial charge on any atom is -0.465 e. The molecule has 1 aromatic heterocycles. The largest absolute Gasteiger partial charge is 0.573 e. The highest BCUT2D eigenvalue weighted by Crippen LogP contribution is 2.35. The van der Waals surface area contributed by atoms with E-state index in [1.807, 2.05) is 39.0 Å². The lowest BCUT2D eigenvalue weighted by atomic mass is 9.99. The Bertz CT molecular complexity index is 1780. The van der Waals surface area contributed by atoms with Gasteiger partial charge in [0.1, 0.15) is 17.8 Å². The minimum atomic E-state index is -4.79. The molecule has 3 amide bonds. The highest BCUT2D eigenvalue weighted by Gasteiger charge is 2.33. The third-order valence-electron chi connectivity index (χ3n) is 6.65. The molecule has 46 heavy (non-hydrogen) atoms. The number of methoxy groups -OCH3 is 1. The summed E-state index contributed by atoms with van der Waals surface area (Å²) in [4.78, 5) is 36.1. The molecule has 11 nitrogen and oxygen atoms in total. The quantitative estimate of drug-likeness (QED) is 0.193. The number of benzene rings is 3. The molecule has 1 aliphatic heterocycles. The lowest BCUT2D eigenvalue weighted by molar-refractivity contribution is -0.274. The molecule has 1 saturated heterocycles. The number of anilines is 2. The number of urea groups is 1. The van der Waals surface area contributed by atoms with E-state index in [-0.39, 0.29) is 52.5 Å². The first-order valence-corrected chi connectivity index (χ1v) is 14.9. The second kappa shape index (κ2) is 13.6. The molecular formula is C31H29F3N6O5S. The number of amidine groups is 1. The van der Waals surface area contributed by atoms with Gasteiger partial charge in [0.25, 0.3) is 0 Å². The van der Waals surface area contributed by atoms with Crippen LogP contribution in [0.15, 0.2) is 72.0 Å². The number of halogens is 3. The molecule has 0 bridgehead atoms. The molecule has 5 rings (SSSR count). The Labute approximate surface area is 266 Å². The smallest absolute Gasteiger partial charge is 0.465 e. The first-order chi connectivity index (χ1) is 21.9. The normalized spacial score (nSPS) is 14.3. The lowest BCUT2D eigenvalue weighted by Gasteiger charge is -2.22. The average molecular weight is 655 g/mol. The van der Waals surface area contributed by atoms with Crippen LogP contribution in [0.2, 0.25) is 0 Å². The van der Waals surface area contributed by atoms with Gasteiger partial charge >= 0.3 is 12.4 Å². The molecule has 1 N–H and O–H groups in total. The zero-order valence-corrected chi connectivity index (χ0v) is 26.0. The molecule has 15 heteroatoms. The van der Waals surface area contributed by atoms with Crippen molar-refractivity contribution in [3.05, 3.63) is 78.1 Å². The van der Waals surface area contributed by atoms with Crippen LogP contribution < -0.4 is 19.7 Å². The standard InChI is InChI=1S/C31H29F3N6O5S/c1-18(2)23-11-5-19(3)13-25(23)40-27(41)15-46-30(40)37-29(42)36-24-12-6-20(14-26(24)44-17-43-4)28-35-16-39(38-28)21-7-9-22(10-8-21)45-31(32,33)34/h5-14,16,18H,15,17H2,1-4H3,(H,36,42)/b37-30-. The van der Waals surface area contributed by atoms with E-state index in [9.17, 15) is 22.8 Å². The Morgan fingerprint density at radius 3 is 2.57 bits per heavy atom. The number of amides is 3. The molecule has 3 aromatic carbocycles. The van der Waals surface area contributed by atoms with Gasteiger partial charge in [-0.2, -0.15) is 4.99 Å². The maximum Gasteiger partial charge on any atom is 0.573 e. The average Bonchev–Trinajstić information content (AvgIpc) is 3.63. The number of carbonyl (C=O) groups excluding carboxylic acids is 2. The zero-order valence-electron chi connectivity index (χ0n) is 25.2. The molecule has 0 saturated carbocycles. The van der Waals surface area contributed by atoms with Crippen molar-refractivity contribution >= 4 is 40.2 Å². The van der Waals surface area contributed by atoms with Crippen LogP contribution in [-0.2, 0) is 9.53 Å². The Morgan fingerprint density at radius 1 is 1.11 bits per heavy atom. The number of nitrogens with one attached hydrogen (secondary N) is 1. The number of nitrogens with zero attached hydrogens (tertiary/aromatic N) is 5. The number of thioether (sulfide) groups is 1. The van der Waals surface area contributed by atoms with E-state index in [1.54, 1.807) is 18.2 Å². The predicted molar refractivity (Wildman–Crippen MR) is 168 cm³/mol. The van der Waals surface area contributed by atoms with Gasteiger partial charge in [0.2, 0.25) is 5.91 Å². The molecule has 0 atom stereocenters. The topological polar surface area (TPSA) is 120 Å². The van der Waals surface area contributed by atoms with Gasteiger partial charge in [-0.15, -0.1) is 18.3 Å². The molecule has 1 fully saturated rings. The summed E-state index contributed by atoms with van der Waals surface area (Å²) < 4.78 is 53.5. The molecule has 0 unspecified atom stereocenters. The molecule has 4 aromatic rings. The number of aromatic nitrogens is 3. The Balaban J connectivity index is 1.37. The van der Waals surface area contributed by atoms with Crippen LogP contribution in [0, 0.1) is 6.92 Å². The van der Waals surface area contributed by atoms with Crippen LogP contribution in [0.5, 0.6) is 11.5 Å². The summed E-state index contributed by atoms with van der Waals surface area (Å²) in [7, 11) is 1.45. The third-order valence-corrected chi connectivity index (χ3v) is 7.58. The number of carbonyl (C=O) groups is 2. The van der Waals surface area contributed by atoms with Crippen molar-refractivity contribution in [1.82, 2.24) is 14.8 Å². The Hall–Kier alpha value is -4.89. The van der Waals surface area contributed by atoms with E-state index in [2.05, 4.69) is 25.1 Å². The van der Waals surface area contributed by atoms with Crippen molar-refractivity contribution < 1.29 is 37.0 Å². The van der Waals surface area contributed by atoms with E-state index in [0.717, 1.165) is 11.1 Å². The maximum atomic E-state index is 13.1. The maximum absolute atomic E-state index is 13.1. The van der Waals surface area contributed by atoms with E-state index in [1.165, 1.54) is 59.0 Å². The Kier molecular flexibility index (Phi) is 9.63. The molecule has 2 heterocycles. The van der Waals surface area contributed by atoms with Crippen LogP contribution >= 0.6 is 11.8 Å². The fourth-order valence-corrected chi connectivity index (χ4v) is 5.43. The third kappa shape index (κ3) is 7.66. The summed E-state index contributed by atoms with van der Waals surface area (Å²) in [6.45, 7) is 5.87. The molecular weight excluding hydrogens is 625 g/mol. The SMILES string of the molecule is COCOc1cc(-c2ncn(-c3ccc(OC(F)(F)F)cc3)n2)ccc1NC(=O)/N=C1\SCC(=O)N1c1cc(C)ccc1C(C)C. The van der Waals surface area contributed by atoms with E-state index >= 15 is 0 Å². The number of hydrogen-bond donors (Lipinski definition) is 1. The van der Waals surface area contributed by atoms with Gasteiger partial charge in [0.15, 0.2) is 17.8 Å². The fraction of sp³-hybridized carbons (Fsp3) is 0.258. The summed E-state index contributed by atoms with van der Waals surface area (Å²) >= 11 is 1.18. The van der Waals surface area contributed by atoms with Crippen molar-refractivity contribution in [2.45, 2.75) is 33.1 Å². The number of hydrogen-bond acceptors (Lipinski definition) is 8. The fourth-order valence-electron chi connectivity index (χ4n) is 4.57. The van der Waals surface area contributed by atoms with E-state index < -0.39 is 12.4 Å².